The van der Waals surface area contributed by atoms with Crippen LogP contribution in [0, 0.1) is 0 Å². The molecule has 226 valence electrons. The van der Waals surface area contributed by atoms with E-state index in [4.69, 9.17) is 18.9 Å². The number of ether oxygens (including phenoxy) is 4. The van der Waals surface area contributed by atoms with E-state index in [1.54, 1.807) is 42.3 Å². The average molecular weight is 611 g/mol. The van der Waals surface area contributed by atoms with Crippen LogP contribution < -0.4 is 40.0 Å². The molecule has 9 heteroatoms. The number of benzene rings is 3. The molecule has 0 aliphatic rings. The second-order valence-corrected chi connectivity index (χ2v) is 18.4. The number of methoxy groups -OCH3 is 4. The summed E-state index contributed by atoms with van der Waals surface area (Å²) in [6.45, 7) is 9.75. The maximum Gasteiger partial charge on any atom is 0.131 e. The Morgan fingerprint density at radius 2 is 1.10 bits per heavy atom. The fourth-order valence-electron chi connectivity index (χ4n) is 4.94. The van der Waals surface area contributed by atoms with E-state index in [1.165, 1.54) is 0 Å². The van der Waals surface area contributed by atoms with Gasteiger partial charge in [0.2, 0.25) is 0 Å². The van der Waals surface area contributed by atoms with Gasteiger partial charge in [0.05, 0.1) is 47.1 Å². The van der Waals surface area contributed by atoms with Crippen molar-refractivity contribution in [3.05, 3.63) is 53.6 Å². The highest BCUT2D eigenvalue weighted by molar-refractivity contribution is 7.80. The first-order valence-electron chi connectivity index (χ1n) is 14.0. The fraction of sp³-hybridized carbons (Fsp3) is 0.394. The smallest absolute Gasteiger partial charge is 0.131 e. The Kier molecular flexibility index (Phi) is 11.2. The first-order chi connectivity index (χ1) is 19.9. The molecule has 0 amide bonds. The standard InChI is InChI=1S/C33H43O7PSi/c1-21(34)13-15-23-17-25(37-3)32(26(18-23)38-4)41(29-11-10-12-30(31(29)36)42(7,8)9)33-27(39-5)19-24(16-14-22(2)35)20-28(33)40-6/h10-12,17-20,36H,13-16H2,1-9H3. The highest BCUT2D eigenvalue weighted by Gasteiger charge is 2.34. The van der Waals surface area contributed by atoms with Crippen LogP contribution in [0.15, 0.2) is 42.5 Å². The summed E-state index contributed by atoms with van der Waals surface area (Å²) in [5.41, 5.74) is 1.83. The van der Waals surface area contributed by atoms with Gasteiger partial charge in [-0.15, -0.1) is 0 Å². The fourth-order valence-corrected chi connectivity index (χ4v) is 9.26. The highest BCUT2D eigenvalue weighted by Crippen LogP contribution is 2.48. The number of carbonyl (C=O) groups is 2. The lowest BCUT2D eigenvalue weighted by Crippen LogP contribution is -2.40. The van der Waals surface area contributed by atoms with E-state index in [9.17, 15) is 14.7 Å². The van der Waals surface area contributed by atoms with Gasteiger partial charge in [-0.3, -0.25) is 0 Å². The number of carbonyl (C=O) groups excluding carboxylic acids is 2. The zero-order chi connectivity index (χ0) is 31.2. The van der Waals surface area contributed by atoms with E-state index in [0.717, 1.165) is 32.2 Å². The second-order valence-electron chi connectivity index (χ2n) is 11.4. The number of phenols is 1. The SMILES string of the molecule is COc1cc(CCC(C)=O)cc(OC)c1P(c1cccc([Si](C)(C)C)c1O)c1c(OC)cc(CCC(C)=O)cc1OC. The molecule has 3 aromatic rings. The average Bonchev–Trinajstić information content (AvgIpc) is 2.95. The number of hydrogen-bond acceptors (Lipinski definition) is 7. The molecule has 0 unspecified atom stereocenters. The molecule has 0 bridgehead atoms. The third-order valence-electron chi connectivity index (χ3n) is 7.12. The molecule has 1 N–H and O–H groups in total. The van der Waals surface area contributed by atoms with Gasteiger partial charge in [0.25, 0.3) is 0 Å². The molecule has 0 heterocycles. The van der Waals surface area contributed by atoms with Gasteiger partial charge < -0.3 is 33.6 Å². The Bertz CT molecular complexity index is 1320. The maximum atomic E-state index is 11.9. The van der Waals surface area contributed by atoms with Crippen LogP contribution in [-0.2, 0) is 22.4 Å². The Labute approximate surface area is 251 Å². The van der Waals surface area contributed by atoms with E-state index < -0.39 is 16.0 Å². The number of aromatic hydroxyl groups is 1. The number of hydrogen-bond donors (Lipinski definition) is 1. The van der Waals surface area contributed by atoms with Crippen molar-refractivity contribution in [3.63, 3.8) is 0 Å². The van der Waals surface area contributed by atoms with Crippen LogP contribution in [0.5, 0.6) is 28.7 Å². The molecule has 0 fully saturated rings. The van der Waals surface area contributed by atoms with Crippen molar-refractivity contribution in [2.45, 2.75) is 59.2 Å². The van der Waals surface area contributed by atoms with Gasteiger partial charge in [0.15, 0.2) is 0 Å². The summed E-state index contributed by atoms with van der Waals surface area (Å²) in [6, 6.07) is 13.7. The molecule has 0 saturated carbocycles. The van der Waals surface area contributed by atoms with Gasteiger partial charge in [-0.1, -0.05) is 37.8 Å². The molecule has 7 nitrogen and oxygen atoms in total. The molecule has 3 aromatic carbocycles. The van der Waals surface area contributed by atoms with E-state index in [0.29, 0.717) is 48.7 Å². The monoisotopic (exact) mass is 610 g/mol. The summed E-state index contributed by atoms with van der Waals surface area (Å²) in [6.07, 6.45) is 1.91. The second kappa shape index (κ2) is 14.2. The number of aryl methyl sites for hydroxylation is 2. The molecule has 3 rings (SSSR count). The third kappa shape index (κ3) is 7.53. The number of para-hydroxylation sites is 1. The molecule has 0 spiro atoms. The van der Waals surface area contributed by atoms with Crippen LogP contribution in [0.4, 0.5) is 0 Å². The van der Waals surface area contributed by atoms with Crippen LogP contribution in [0.3, 0.4) is 0 Å². The number of Topliss-reactive ketones (excluding diaryl/α,β-unsaturated/α-hetero) is 2. The zero-order valence-corrected chi connectivity index (χ0v) is 28.1. The van der Waals surface area contributed by atoms with Crippen molar-refractivity contribution in [3.8, 4) is 28.7 Å². The molecule has 0 aromatic heterocycles. The van der Waals surface area contributed by atoms with E-state index in [-0.39, 0.29) is 17.3 Å². The van der Waals surface area contributed by atoms with Gasteiger partial charge in [-0.05, 0) is 67.3 Å². The Hall–Kier alpha value is -3.35. The van der Waals surface area contributed by atoms with Gasteiger partial charge in [0.1, 0.15) is 40.3 Å². The van der Waals surface area contributed by atoms with Crippen LogP contribution in [0.2, 0.25) is 19.6 Å². The Balaban J connectivity index is 2.45. The van der Waals surface area contributed by atoms with E-state index in [2.05, 4.69) is 19.6 Å². The molecule has 0 saturated heterocycles. The largest absolute Gasteiger partial charge is 0.507 e. The first-order valence-corrected chi connectivity index (χ1v) is 18.8. The molecular formula is C33H43O7PSi. The number of rotatable bonds is 14. The van der Waals surface area contributed by atoms with Gasteiger partial charge in [-0.25, -0.2) is 0 Å². The molecule has 42 heavy (non-hydrogen) atoms. The van der Waals surface area contributed by atoms with Crippen molar-refractivity contribution < 1.29 is 33.6 Å². The summed E-state index contributed by atoms with van der Waals surface area (Å²) in [5, 5.41) is 15.1. The van der Waals surface area contributed by atoms with E-state index in [1.807, 2.05) is 42.5 Å². The summed E-state index contributed by atoms with van der Waals surface area (Å²) < 4.78 is 24.0. The lowest BCUT2D eigenvalue weighted by molar-refractivity contribution is -0.117. The van der Waals surface area contributed by atoms with Gasteiger partial charge >= 0.3 is 0 Å². The lowest BCUT2D eigenvalue weighted by Gasteiger charge is -2.29. The van der Waals surface area contributed by atoms with E-state index >= 15 is 0 Å². The zero-order valence-electron chi connectivity index (χ0n) is 26.2. The topological polar surface area (TPSA) is 91.3 Å². The van der Waals surface area contributed by atoms with Crippen LogP contribution >= 0.6 is 7.92 Å². The van der Waals surface area contributed by atoms with Crippen molar-refractivity contribution in [2.24, 2.45) is 0 Å². The first kappa shape index (κ1) is 33.2. The van der Waals surface area contributed by atoms with Crippen molar-refractivity contribution in [1.29, 1.82) is 0 Å². The predicted molar refractivity (Wildman–Crippen MR) is 174 cm³/mol. The van der Waals surface area contributed by atoms with Gasteiger partial charge in [-0.2, -0.15) is 0 Å². The number of ketones is 2. The van der Waals surface area contributed by atoms with Crippen LogP contribution in [0.25, 0.3) is 0 Å². The quantitative estimate of drug-likeness (QED) is 0.208. The van der Waals surface area contributed by atoms with Crippen LogP contribution in [0.1, 0.15) is 37.8 Å². The third-order valence-corrected chi connectivity index (χ3v) is 11.8. The molecule has 0 atom stereocenters. The lowest BCUT2D eigenvalue weighted by atomic mass is 10.1. The molecular weight excluding hydrogens is 567 g/mol. The normalized spacial score (nSPS) is 11.4. The van der Waals surface area contributed by atoms with Crippen molar-refractivity contribution in [1.82, 2.24) is 0 Å². The highest BCUT2D eigenvalue weighted by atomic mass is 31.1. The maximum absolute atomic E-state index is 11.9. The summed E-state index contributed by atoms with van der Waals surface area (Å²) in [4.78, 5) is 23.5. The summed E-state index contributed by atoms with van der Waals surface area (Å²) >= 11 is 0. The minimum Gasteiger partial charge on any atom is -0.507 e. The van der Waals surface area contributed by atoms with Crippen molar-refractivity contribution >= 4 is 48.7 Å². The summed E-state index contributed by atoms with van der Waals surface area (Å²) in [7, 11) is 2.94. The predicted octanol–water partition coefficient (Wildman–Crippen LogP) is 4.77. The molecule has 0 aliphatic carbocycles. The van der Waals surface area contributed by atoms with Gasteiger partial charge in [0, 0.05) is 26.1 Å². The number of phenolic OH excluding ortho intramolecular Hbond substituents is 1. The minimum atomic E-state index is -1.93. The van der Waals surface area contributed by atoms with Crippen molar-refractivity contribution in [2.75, 3.05) is 28.4 Å². The molecule has 0 radical (unpaired) electrons. The minimum absolute atomic E-state index is 0.103. The van der Waals surface area contributed by atoms with Crippen LogP contribution in [-0.4, -0.2) is 53.2 Å². The Morgan fingerprint density at radius 3 is 1.40 bits per heavy atom. The Morgan fingerprint density at radius 1 is 0.714 bits per heavy atom. The summed E-state index contributed by atoms with van der Waals surface area (Å²) in [5.74, 6) is 2.79. The molecule has 0 aliphatic heterocycles.